The van der Waals surface area contributed by atoms with Crippen molar-refractivity contribution in [1.82, 2.24) is 5.32 Å². The van der Waals surface area contributed by atoms with Gasteiger partial charge in [0.25, 0.3) is 0 Å². The van der Waals surface area contributed by atoms with Crippen molar-refractivity contribution in [2.45, 2.75) is 39.7 Å². The first-order valence-electron chi connectivity index (χ1n) is 6.68. The zero-order valence-corrected chi connectivity index (χ0v) is 12.2. The number of nitrogens with one attached hydrogen (secondary N) is 2. The van der Waals surface area contributed by atoms with Crippen molar-refractivity contribution in [1.29, 1.82) is 0 Å². The van der Waals surface area contributed by atoms with E-state index in [1.807, 2.05) is 52.0 Å². The fraction of sp³-hybridized carbons (Fsp3) is 0.533. The van der Waals surface area contributed by atoms with Gasteiger partial charge in [-0.3, -0.25) is 4.79 Å². The fourth-order valence-corrected chi connectivity index (χ4v) is 1.64. The summed E-state index contributed by atoms with van der Waals surface area (Å²) in [5.74, 6) is 0.921. The summed E-state index contributed by atoms with van der Waals surface area (Å²) in [6, 6.07) is 7.74. The third kappa shape index (κ3) is 6.70. The van der Waals surface area contributed by atoms with Gasteiger partial charge in [-0.05, 0) is 52.0 Å². The van der Waals surface area contributed by atoms with Crippen LogP contribution in [0.2, 0.25) is 0 Å². The second kappa shape index (κ2) is 7.02. The molecule has 1 amide bonds. The van der Waals surface area contributed by atoms with Gasteiger partial charge in [0.05, 0.1) is 6.61 Å². The second-order valence-electron chi connectivity index (χ2n) is 5.43. The van der Waals surface area contributed by atoms with E-state index in [2.05, 4.69) is 10.6 Å². The summed E-state index contributed by atoms with van der Waals surface area (Å²) in [6.45, 7) is 9.18. The van der Waals surface area contributed by atoms with Gasteiger partial charge in [0.2, 0.25) is 5.91 Å². The van der Waals surface area contributed by atoms with E-state index in [4.69, 9.17) is 4.74 Å². The van der Waals surface area contributed by atoms with Gasteiger partial charge in [0, 0.05) is 24.2 Å². The predicted molar refractivity (Wildman–Crippen MR) is 78.6 cm³/mol. The monoisotopic (exact) mass is 264 g/mol. The molecule has 1 aromatic rings. The highest BCUT2D eigenvalue weighted by Crippen LogP contribution is 2.15. The molecule has 0 aromatic heterocycles. The summed E-state index contributed by atoms with van der Waals surface area (Å²) >= 11 is 0. The summed E-state index contributed by atoms with van der Waals surface area (Å²) in [7, 11) is 0. The van der Waals surface area contributed by atoms with E-state index < -0.39 is 0 Å². The summed E-state index contributed by atoms with van der Waals surface area (Å²) in [5.41, 5.74) is 0.822. The maximum atomic E-state index is 11.6. The number of hydrogen-bond acceptors (Lipinski definition) is 3. The zero-order valence-electron chi connectivity index (χ0n) is 12.2. The Morgan fingerprint density at radius 2 is 1.84 bits per heavy atom. The molecule has 0 saturated carbocycles. The molecule has 0 saturated heterocycles. The van der Waals surface area contributed by atoms with E-state index in [0.29, 0.717) is 19.6 Å². The molecule has 19 heavy (non-hydrogen) atoms. The van der Waals surface area contributed by atoms with Gasteiger partial charge in [0.15, 0.2) is 0 Å². The van der Waals surface area contributed by atoms with Crippen LogP contribution >= 0.6 is 0 Å². The highest BCUT2D eigenvalue weighted by Gasteiger charge is 2.12. The average Bonchev–Trinajstić information content (AvgIpc) is 2.29. The minimum Gasteiger partial charge on any atom is -0.494 e. The third-order valence-corrected chi connectivity index (χ3v) is 2.36. The number of amides is 1. The Labute approximate surface area is 115 Å². The molecule has 2 N–H and O–H groups in total. The van der Waals surface area contributed by atoms with E-state index >= 15 is 0 Å². The highest BCUT2D eigenvalue weighted by molar-refractivity contribution is 5.77. The first-order valence-corrected chi connectivity index (χ1v) is 6.68. The molecule has 0 aliphatic carbocycles. The normalized spacial score (nSPS) is 10.9. The first-order chi connectivity index (χ1) is 8.90. The molecule has 4 nitrogen and oxygen atoms in total. The maximum Gasteiger partial charge on any atom is 0.222 e. The molecule has 0 spiro atoms. The molecular weight excluding hydrogens is 240 g/mol. The largest absolute Gasteiger partial charge is 0.494 e. The van der Waals surface area contributed by atoms with Crippen LogP contribution in [0.4, 0.5) is 5.69 Å². The minimum atomic E-state index is -0.170. The molecule has 0 aliphatic heterocycles. The van der Waals surface area contributed by atoms with Crippen molar-refractivity contribution in [3.63, 3.8) is 0 Å². The number of ether oxygens (including phenoxy) is 1. The number of carbonyl (C=O) groups is 1. The Kier molecular flexibility index (Phi) is 5.67. The lowest BCUT2D eigenvalue weighted by molar-refractivity contribution is -0.122. The van der Waals surface area contributed by atoms with Crippen molar-refractivity contribution in [2.24, 2.45) is 0 Å². The lowest BCUT2D eigenvalue weighted by Gasteiger charge is -2.20. The summed E-state index contributed by atoms with van der Waals surface area (Å²) < 4.78 is 5.37. The lowest BCUT2D eigenvalue weighted by atomic mass is 10.1. The fourth-order valence-electron chi connectivity index (χ4n) is 1.64. The Morgan fingerprint density at radius 1 is 1.21 bits per heavy atom. The summed E-state index contributed by atoms with van der Waals surface area (Å²) in [5, 5.41) is 6.15. The molecule has 0 radical (unpaired) electrons. The number of anilines is 1. The van der Waals surface area contributed by atoms with Crippen LogP contribution in [-0.4, -0.2) is 24.6 Å². The molecule has 0 aliphatic rings. The molecule has 106 valence electrons. The SMILES string of the molecule is CCOc1ccc(NCCC(=O)NC(C)(C)C)cc1. The summed E-state index contributed by atoms with van der Waals surface area (Å²) in [4.78, 5) is 11.6. The Bertz CT molecular complexity index is 394. The number of carbonyl (C=O) groups excluding carboxylic acids is 1. The average molecular weight is 264 g/mol. The van der Waals surface area contributed by atoms with Crippen molar-refractivity contribution >= 4 is 11.6 Å². The Morgan fingerprint density at radius 3 is 2.37 bits per heavy atom. The van der Waals surface area contributed by atoms with Crippen LogP contribution in [0.1, 0.15) is 34.1 Å². The summed E-state index contributed by atoms with van der Waals surface area (Å²) in [6.07, 6.45) is 0.463. The van der Waals surface area contributed by atoms with Crippen molar-refractivity contribution in [3.05, 3.63) is 24.3 Å². The van der Waals surface area contributed by atoms with E-state index in [1.165, 1.54) is 0 Å². The van der Waals surface area contributed by atoms with Gasteiger partial charge in [0.1, 0.15) is 5.75 Å². The van der Waals surface area contributed by atoms with Crippen LogP contribution in [-0.2, 0) is 4.79 Å². The van der Waals surface area contributed by atoms with Crippen LogP contribution < -0.4 is 15.4 Å². The minimum absolute atomic E-state index is 0.0611. The molecule has 1 aromatic carbocycles. The zero-order chi connectivity index (χ0) is 14.3. The third-order valence-electron chi connectivity index (χ3n) is 2.36. The van der Waals surface area contributed by atoms with Crippen LogP contribution in [0.5, 0.6) is 5.75 Å². The van der Waals surface area contributed by atoms with Gasteiger partial charge in [-0.1, -0.05) is 0 Å². The van der Waals surface area contributed by atoms with Crippen molar-refractivity contribution in [3.8, 4) is 5.75 Å². The van der Waals surface area contributed by atoms with Gasteiger partial charge in [-0.25, -0.2) is 0 Å². The van der Waals surface area contributed by atoms with Gasteiger partial charge < -0.3 is 15.4 Å². The van der Waals surface area contributed by atoms with Crippen molar-refractivity contribution < 1.29 is 9.53 Å². The van der Waals surface area contributed by atoms with Crippen molar-refractivity contribution in [2.75, 3.05) is 18.5 Å². The topological polar surface area (TPSA) is 50.4 Å². The lowest BCUT2D eigenvalue weighted by Crippen LogP contribution is -2.41. The Balaban J connectivity index is 2.31. The van der Waals surface area contributed by atoms with Gasteiger partial charge >= 0.3 is 0 Å². The predicted octanol–water partition coefficient (Wildman–Crippen LogP) is 2.80. The van der Waals surface area contributed by atoms with Gasteiger partial charge in [-0.15, -0.1) is 0 Å². The molecule has 0 atom stereocenters. The van der Waals surface area contributed by atoms with E-state index in [-0.39, 0.29) is 11.4 Å². The molecule has 0 bridgehead atoms. The smallest absolute Gasteiger partial charge is 0.222 e. The number of benzene rings is 1. The first kappa shape index (κ1) is 15.3. The number of rotatable bonds is 6. The second-order valence-corrected chi connectivity index (χ2v) is 5.43. The quantitative estimate of drug-likeness (QED) is 0.830. The van der Waals surface area contributed by atoms with Crippen LogP contribution in [0, 0.1) is 0 Å². The highest BCUT2D eigenvalue weighted by atomic mass is 16.5. The van der Waals surface area contributed by atoms with Crippen LogP contribution in [0.25, 0.3) is 0 Å². The molecule has 0 heterocycles. The van der Waals surface area contributed by atoms with Crippen LogP contribution in [0.15, 0.2) is 24.3 Å². The maximum absolute atomic E-state index is 11.6. The molecular formula is C15H24N2O2. The molecule has 0 fully saturated rings. The standard InChI is InChI=1S/C15H24N2O2/c1-5-19-13-8-6-12(7-9-13)16-11-10-14(18)17-15(2,3)4/h6-9,16H,5,10-11H2,1-4H3,(H,17,18). The molecule has 1 rings (SSSR count). The molecule has 0 unspecified atom stereocenters. The Hall–Kier alpha value is -1.71. The molecule has 4 heteroatoms. The van der Waals surface area contributed by atoms with E-state index in [0.717, 1.165) is 11.4 Å². The van der Waals surface area contributed by atoms with E-state index in [9.17, 15) is 4.79 Å². The number of hydrogen-bond donors (Lipinski definition) is 2. The van der Waals surface area contributed by atoms with E-state index in [1.54, 1.807) is 0 Å². The van der Waals surface area contributed by atoms with Crippen LogP contribution in [0.3, 0.4) is 0 Å². The van der Waals surface area contributed by atoms with Gasteiger partial charge in [-0.2, -0.15) is 0 Å².